The molecule has 7 nitrogen and oxygen atoms in total. The molecule has 2 N–H and O–H groups in total. The standard InChI is InChI=1S/C12H12N4O3/c1-8(17)13-11-10(12(18)19)14-15-16(11)7-9-5-3-2-4-6-9/h2-6H,7H2,1H3,(H,13,17)(H,18,19). The van der Waals surface area contributed by atoms with E-state index in [9.17, 15) is 9.59 Å². The third-order valence-electron chi connectivity index (χ3n) is 2.41. The van der Waals surface area contributed by atoms with Crippen LogP contribution >= 0.6 is 0 Å². The lowest BCUT2D eigenvalue weighted by atomic mass is 10.2. The smallest absolute Gasteiger partial charge is 0.360 e. The van der Waals surface area contributed by atoms with Gasteiger partial charge in [0.25, 0.3) is 0 Å². The van der Waals surface area contributed by atoms with Gasteiger partial charge in [-0.25, -0.2) is 9.48 Å². The number of carboxylic acids is 1. The molecule has 0 fully saturated rings. The van der Waals surface area contributed by atoms with Gasteiger partial charge in [-0.2, -0.15) is 0 Å². The van der Waals surface area contributed by atoms with Crippen molar-refractivity contribution in [2.75, 3.05) is 5.32 Å². The van der Waals surface area contributed by atoms with Gasteiger partial charge in [-0.05, 0) is 5.56 Å². The van der Waals surface area contributed by atoms with E-state index in [0.29, 0.717) is 6.54 Å². The van der Waals surface area contributed by atoms with E-state index in [-0.39, 0.29) is 17.4 Å². The number of anilines is 1. The number of benzene rings is 1. The fraction of sp³-hybridized carbons (Fsp3) is 0.167. The zero-order valence-corrected chi connectivity index (χ0v) is 10.2. The van der Waals surface area contributed by atoms with Gasteiger partial charge >= 0.3 is 5.97 Å². The van der Waals surface area contributed by atoms with Crippen molar-refractivity contribution in [2.45, 2.75) is 13.5 Å². The van der Waals surface area contributed by atoms with Gasteiger partial charge in [0.2, 0.25) is 11.6 Å². The molecule has 1 heterocycles. The Morgan fingerprint density at radius 2 is 2.00 bits per heavy atom. The molecule has 0 aliphatic heterocycles. The van der Waals surface area contributed by atoms with Crippen LogP contribution in [0.5, 0.6) is 0 Å². The summed E-state index contributed by atoms with van der Waals surface area (Å²) >= 11 is 0. The number of carbonyl (C=O) groups is 2. The lowest BCUT2D eigenvalue weighted by molar-refractivity contribution is -0.114. The van der Waals surface area contributed by atoms with E-state index in [1.807, 2.05) is 30.3 Å². The Kier molecular flexibility index (Phi) is 3.56. The summed E-state index contributed by atoms with van der Waals surface area (Å²) in [6, 6.07) is 9.35. The van der Waals surface area contributed by atoms with E-state index in [4.69, 9.17) is 5.11 Å². The number of carbonyl (C=O) groups excluding carboxylic acids is 1. The summed E-state index contributed by atoms with van der Waals surface area (Å²) in [6.45, 7) is 1.63. The first-order chi connectivity index (χ1) is 9.08. The van der Waals surface area contributed by atoms with Crippen LogP contribution in [0.2, 0.25) is 0 Å². The summed E-state index contributed by atoms with van der Waals surface area (Å²) in [5.74, 6) is -1.52. The highest BCUT2D eigenvalue weighted by Gasteiger charge is 2.19. The van der Waals surface area contributed by atoms with Gasteiger partial charge in [-0.15, -0.1) is 5.10 Å². The number of aromatic carboxylic acids is 1. The van der Waals surface area contributed by atoms with E-state index in [1.165, 1.54) is 11.6 Å². The van der Waals surface area contributed by atoms with Crippen LogP contribution in [0.3, 0.4) is 0 Å². The molecular weight excluding hydrogens is 248 g/mol. The fourth-order valence-corrected chi connectivity index (χ4v) is 1.61. The number of amides is 1. The first kappa shape index (κ1) is 12.7. The van der Waals surface area contributed by atoms with Crippen molar-refractivity contribution in [2.24, 2.45) is 0 Å². The highest BCUT2D eigenvalue weighted by atomic mass is 16.4. The fourth-order valence-electron chi connectivity index (χ4n) is 1.61. The quantitative estimate of drug-likeness (QED) is 0.854. The van der Waals surface area contributed by atoms with Crippen molar-refractivity contribution in [3.05, 3.63) is 41.6 Å². The second-order valence-corrected chi connectivity index (χ2v) is 3.92. The van der Waals surface area contributed by atoms with Crippen LogP contribution in [0, 0.1) is 0 Å². The number of nitrogens with zero attached hydrogens (tertiary/aromatic N) is 3. The largest absolute Gasteiger partial charge is 0.476 e. The molecule has 7 heteroatoms. The van der Waals surface area contributed by atoms with Crippen LogP contribution in [0.4, 0.5) is 5.82 Å². The minimum atomic E-state index is -1.23. The van der Waals surface area contributed by atoms with Crippen molar-refractivity contribution in [1.29, 1.82) is 0 Å². The Labute approximate surface area is 108 Å². The molecule has 1 amide bonds. The van der Waals surface area contributed by atoms with Crippen molar-refractivity contribution >= 4 is 17.7 Å². The van der Waals surface area contributed by atoms with E-state index in [2.05, 4.69) is 15.6 Å². The monoisotopic (exact) mass is 260 g/mol. The molecule has 0 aliphatic carbocycles. The SMILES string of the molecule is CC(=O)Nc1c(C(=O)O)nnn1Cc1ccccc1. The van der Waals surface area contributed by atoms with E-state index < -0.39 is 5.97 Å². The van der Waals surface area contributed by atoms with Crippen LogP contribution in [-0.2, 0) is 11.3 Å². The zero-order chi connectivity index (χ0) is 13.8. The maximum absolute atomic E-state index is 11.1. The second kappa shape index (κ2) is 5.30. The molecule has 0 saturated heterocycles. The van der Waals surface area contributed by atoms with Crippen LogP contribution in [-0.4, -0.2) is 32.0 Å². The molecule has 1 aromatic heterocycles. The van der Waals surface area contributed by atoms with Gasteiger partial charge in [-0.1, -0.05) is 35.5 Å². The van der Waals surface area contributed by atoms with Crippen LogP contribution in [0.1, 0.15) is 23.0 Å². The molecule has 1 aromatic carbocycles. The maximum Gasteiger partial charge on any atom is 0.360 e. The molecule has 0 saturated carbocycles. The molecule has 0 unspecified atom stereocenters. The first-order valence-corrected chi connectivity index (χ1v) is 5.56. The molecule has 2 aromatic rings. The summed E-state index contributed by atoms with van der Waals surface area (Å²) in [4.78, 5) is 22.1. The summed E-state index contributed by atoms with van der Waals surface area (Å²) in [7, 11) is 0. The van der Waals surface area contributed by atoms with Crippen LogP contribution < -0.4 is 5.32 Å². The van der Waals surface area contributed by atoms with Crippen molar-refractivity contribution in [1.82, 2.24) is 15.0 Å². The van der Waals surface area contributed by atoms with Gasteiger partial charge in [0, 0.05) is 6.92 Å². The normalized spacial score (nSPS) is 10.2. The van der Waals surface area contributed by atoms with Gasteiger partial charge in [0.05, 0.1) is 6.54 Å². The molecule has 19 heavy (non-hydrogen) atoms. The summed E-state index contributed by atoms with van der Waals surface area (Å²) in [5.41, 5.74) is 0.655. The summed E-state index contributed by atoms with van der Waals surface area (Å²) in [5, 5.41) is 18.8. The minimum absolute atomic E-state index is 0.0869. The molecule has 0 bridgehead atoms. The molecule has 0 aliphatic rings. The third kappa shape index (κ3) is 2.95. The Bertz CT molecular complexity index is 607. The highest BCUT2D eigenvalue weighted by Crippen LogP contribution is 2.14. The summed E-state index contributed by atoms with van der Waals surface area (Å²) in [6.07, 6.45) is 0. The molecule has 2 rings (SSSR count). The lowest BCUT2D eigenvalue weighted by Crippen LogP contribution is -2.15. The highest BCUT2D eigenvalue weighted by molar-refractivity contribution is 5.97. The Balaban J connectivity index is 2.34. The number of aromatic nitrogens is 3. The average molecular weight is 260 g/mol. The van der Waals surface area contributed by atoms with E-state index in [0.717, 1.165) is 5.56 Å². The average Bonchev–Trinajstić information content (AvgIpc) is 2.73. The van der Waals surface area contributed by atoms with Gasteiger partial charge < -0.3 is 10.4 Å². The summed E-state index contributed by atoms with van der Waals surface area (Å²) < 4.78 is 1.35. The van der Waals surface area contributed by atoms with Gasteiger partial charge in [-0.3, -0.25) is 4.79 Å². The topological polar surface area (TPSA) is 97.1 Å². The number of hydrogen-bond donors (Lipinski definition) is 2. The first-order valence-electron chi connectivity index (χ1n) is 5.56. The lowest BCUT2D eigenvalue weighted by Gasteiger charge is -2.07. The minimum Gasteiger partial charge on any atom is -0.476 e. The molecule has 0 spiro atoms. The number of rotatable bonds is 4. The number of hydrogen-bond acceptors (Lipinski definition) is 4. The zero-order valence-electron chi connectivity index (χ0n) is 10.2. The maximum atomic E-state index is 11.1. The van der Waals surface area contributed by atoms with E-state index >= 15 is 0 Å². The van der Waals surface area contributed by atoms with E-state index in [1.54, 1.807) is 0 Å². The predicted molar refractivity (Wildman–Crippen MR) is 66.8 cm³/mol. The van der Waals surface area contributed by atoms with Crippen LogP contribution in [0.15, 0.2) is 30.3 Å². The Morgan fingerprint density at radius 1 is 1.32 bits per heavy atom. The third-order valence-corrected chi connectivity index (χ3v) is 2.41. The number of nitrogens with one attached hydrogen (secondary N) is 1. The second-order valence-electron chi connectivity index (χ2n) is 3.92. The molecule has 0 radical (unpaired) electrons. The Morgan fingerprint density at radius 3 is 2.58 bits per heavy atom. The van der Waals surface area contributed by atoms with Crippen molar-refractivity contribution < 1.29 is 14.7 Å². The van der Waals surface area contributed by atoms with Gasteiger partial charge in [0.1, 0.15) is 0 Å². The Hall–Kier alpha value is -2.70. The van der Waals surface area contributed by atoms with Crippen LogP contribution in [0.25, 0.3) is 0 Å². The predicted octanol–water partition coefficient (Wildman–Crippen LogP) is 0.983. The van der Waals surface area contributed by atoms with Gasteiger partial charge in [0.15, 0.2) is 5.82 Å². The molecule has 98 valence electrons. The number of carboxylic acid groups (broad SMARTS) is 1. The van der Waals surface area contributed by atoms with Crippen molar-refractivity contribution in [3.8, 4) is 0 Å². The molecule has 0 atom stereocenters. The molecular formula is C12H12N4O3. The van der Waals surface area contributed by atoms with Crippen molar-refractivity contribution in [3.63, 3.8) is 0 Å².